The van der Waals surface area contributed by atoms with Gasteiger partial charge in [0.15, 0.2) is 0 Å². The molecule has 100 valence electrons. The minimum atomic E-state index is -0.0932. The van der Waals surface area contributed by atoms with Gasteiger partial charge in [0.2, 0.25) is 0 Å². The lowest BCUT2D eigenvalue weighted by molar-refractivity contribution is -0.0184. The summed E-state index contributed by atoms with van der Waals surface area (Å²) in [5.74, 6) is 0. The highest BCUT2D eigenvalue weighted by molar-refractivity contribution is 5.76. The van der Waals surface area contributed by atoms with Gasteiger partial charge < -0.3 is 4.74 Å². The number of benzene rings is 1. The van der Waals surface area contributed by atoms with Gasteiger partial charge in [0.1, 0.15) is 5.52 Å². The van der Waals surface area contributed by atoms with Crippen LogP contribution < -0.4 is 5.56 Å². The van der Waals surface area contributed by atoms with E-state index in [1.165, 1.54) is 4.68 Å². The highest BCUT2D eigenvalue weighted by Gasteiger charge is 2.20. The molecule has 0 spiro atoms. The molecule has 0 saturated carbocycles. The van der Waals surface area contributed by atoms with E-state index < -0.39 is 0 Å². The van der Waals surface area contributed by atoms with Crippen LogP contribution in [-0.2, 0) is 11.4 Å². The molecule has 0 aliphatic carbocycles. The van der Waals surface area contributed by atoms with Crippen LogP contribution in [0.1, 0.15) is 6.92 Å². The van der Waals surface area contributed by atoms with Gasteiger partial charge in [0.05, 0.1) is 25.3 Å². The van der Waals surface area contributed by atoms with Crippen LogP contribution in [0, 0.1) is 0 Å². The van der Waals surface area contributed by atoms with Gasteiger partial charge in [-0.15, -0.1) is 5.10 Å². The Kier molecular flexibility index (Phi) is 3.27. The number of fused-ring (bicyclic) bond motifs is 1. The highest BCUT2D eigenvalue weighted by Crippen LogP contribution is 2.07. The lowest BCUT2D eigenvalue weighted by atomic mass is 10.2. The van der Waals surface area contributed by atoms with E-state index in [4.69, 9.17) is 4.74 Å². The van der Waals surface area contributed by atoms with Gasteiger partial charge in [-0.2, -0.15) is 4.68 Å². The predicted molar refractivity (Wildman–Crippen MR) is 70.8 cm³/mol. The first-order valence-electron chi connectivity index (χ1n) is 6.40. The minimum absolute atomic E-state index is 0.0932. The molecular formula is C13H16N4O2. The van der Waals surface area contributed by atoms with Crippen LogP contribution in [0.25, 0.3) is 10.9 Å². The molecule has 1 aromatic heterocycles. The van der Waals surface area contributed by atoms with E-state index in [-0.39, 0.29) is 11.6 Å². The number of ether oxygens (including phenoxy) is 1. The first-order chi connectivity index (χ1) is 9.25. The Bertz CT molecular complexity index is 640. The molecule has 1 saturated heterocycles. The molecule has 1 aliphatic heterocycles. The number of aromatic nitrogens is 3. The number of hydrogen-bond donors (Lipinski definition) is 0. The predicted octanol–water partition coefficient (Wildman–Crippen LogP) is 0.470. The molecule has 0 amide bonds. The first kappa shape index (κ1) is 12.3. The molecule has 1 aliphatic rings. The zero-order valence-corrected chi connectivity index (χ0v) is 10.8. The van der Waals surface area contributed by atoms with Crippen molar-refractivity contribution < 1.29 is 4.74 Å². The molecule has 19 heavy (non-hydrogen) atoms. The quantitative estimate of drug-likeness (QED) is 0.785. The maximum atomic E-state index is 12.3. The molecular weight excluding hydrogens is 244 g/mol. The number of morpholine rings is 1. The average Bonchev–Trinajstić information content (AvgIpc) is 2.44. The van der Waals surface area contributed by atoms with Crippen molar-refractivity contribution >= 4 is 10.9 Å². The molecule has 1 atom stereocenters. The summed E-state index contributed by atoms with van der Waals surface area (Å²) in [5.41, 5.74) is 0.545. The largest absolute Gasteiger partial charge is 0.379 e. The Hall–Kier alpha value is -1.79. The molecule has 2 heterocycles. The summed E-state index contributed by atoms with van der Waals surface area (Å²) in [6, 6.07) is 7.56. The van der Waals surface area contributed by atoms with Gasteiger partial charge in [-0.25, -0.2) is 0 Å². The third-order valence-electron chi connectivity index (χ3n) is 3.45. The summed E-state index contributed by atoms with van der Waals surface area (Å²) in [5, 5.41) is 8.70. The fraction of sp³-hybridized carbons (Fsp3) is 0.462. The van der Waals surface area contributed by atoms with Crippen LogP contribution in [0.3, 0.4) is 0 Å². The molecule has 1 aromatic carbocycles. The van der Waals surface area contributed by atoms with Gasteiger partial charge >= 0.3 is 0 Å². The van der Waals surface area contributed by atoms with E-state index >= 15 is 0 Å². The lowest BCUT2D eigenvalue weighted by Crippen LogP contribution is -2.46. The highest BCUT2D eigenvalue weighted by atomic mass is 16.5. The summed E-state index contributed by atoms with van der Waals surface area (Å²) >= 11 is 0. The van der Waals surface area contributed by atoms with E-state index in [0.717, 1.165) is 6.54 Å². The van der Waals surface area contributed by atoms with Crippen LogP contribution in [0.4, 0.5) is 0 Å². The van der Waals surface area contributed by atoms with Gasteiger partial charge in [-0.05, 0) is 19.1 Å². The Morgan fingerprint density at radius 3 is 3.11 bits per heavy atom. The van der Waals surface area contributed by atoms with E-state index in [1.807, 2.05) is 12.1 Å². The van der Waals surface area contributed by atoms with Gasteiger partial charge in [0.25, 0.3) is 5.56 Å². The van der Waals surface area contributed by atoms with Crippen molar-refractivity contribution in [1.82, 2.24) is 19.9 Å². The second-order valence-corrected chi connectivity index (χ2v) is 4.79. The van der Waals surface area contributed by atoms with Gasteiger partial charge in [-0.1, -0.05) is 17.3 Å². The summed E-state index contributed by atoms with van der Waals surface area (Å²) in [7, 11) is 0. The third kappa shape index (κ3) is 2.36. The standard InChI is InChI=1S/C13H16N4O2/c1-10-8-19-7-6-16(10)9-17-13(18)11-4-2-3-5-12(11)14-15-17/h2-5,10H,6-9H2,1H3/t10-/m1/s1. The maximum absolute atomic E-state index is 12.3. The molecule has 3 rings (SSSR count). The monoisotopic (exact) mass is 260 g/mol. The molecule has 6 nitrogen and oxygen atoms in total. The normalized spacial score (nSPS) is 20.8. The number of rotatable bonds is 2. The number of nitrogens with zero attached hydrogens (tertiary/aromatic N) is 4. The van der Waals surface area contributed by atoms with Crippen molar-refractivity contribution in [1.29, 1.82) is 0 Å². The van der Waals surface area contributed by atoms with E-state index in [1.54, 1.807) is 12.1 Å². The van der Waals surface area contributed by atoms with Crippen molar-refractivity contribution in [2.45, 2.75) is 19.6 Å². The van der Waals surface area contributed by atoms with Crippen LogP contribution in [0.15, 0.2) is 29.1 Å². The summed E-state index contributed by atoms with van der Waals surface area (Å²) < 4.78 is 6.81. The third-order valence-corrected chi connectivity index (χ3v) is 3.45. The van der Waals surface area contributed by atoms with Gasteiger partial charge in [0, 0.05) is 12.6 Å². The van der Waals surface area contributed by atoms with Crippen LogP contribution >= 0.6 is 0 Å². The Balaban J connectivity index is 1.93. The van der Waals surface area contributed by atoms with Crippen LogP contribution in [0.5, 0.6) is 0 Å². The van der Waals surface area contributed by atoms with Crippen molar-refractivity contribution in [2.75, 3.05) is 19.8 Å². The van der Waals surface area contributed by atoms with E-state index in [0.29, 0.717) is 30.8 Å². The van der Waals surface area contributed by atoms with E-state index in [2.05, 4.69) is 22.1 Å². The molecule has 2 aromatic rings. The average molecular weight is 260 g/mol. The molecule has 0 radical (unpaired) electrons. The fourth-order valence-corrected chi connectivity index (χ4v) is 2.26. The van der Waals surface area contributed by atoms with Crippen molar-refractivity contribution in [2.24, 2.45) is 0 Å². The summed E-state index contributed by atoms with van der Waals surface area (Å²) in [6.45, 7) is 4.73. The smallest absolute Gasteiger partial charge is 0.278 e. The minimum Gasteiger partial charge on any atom is -0.379 e. The Labute approximate surface area is 110 Å². The van der Waals surface area contributed by atoms with Gasteiger partial charge in [-0.3, -0.25) is 9.69 Å². The SMILES string of the molecule is C[C@@H]1COCCN1Cn1nnc2ccccc2c1=O. The second kappa shape index (κ2) is 5.07. The molecule has 0 bridgehead atoms. The zero-order valence-electron chi connectivity index (χ0n) is 10.8. The van der Waals surface area contributed by atoms with Crippen molar-refractivity contribution in [3.05, 3.63) is 34.6 Å². The van der Waals surface area contributed by atoms with Crippen LogP contribution in [-0.4, -0.2) is 45.7 Å². The molecule has 0 unspecified atom stereocenters. The molecule has 0 N–H and O–H groups in total. The van der Waals surface area contributed by atoms with Crippen molar-refractivity contribution in [3.8, 4) is 0 Å². The zero-order chi connectivity index (χ0) is 13.2. The number of hydrogen-bond acceptors (Lipinski definition) is 5. The molecule has 1 fully saturated rings. The maximum Gasteiger partial charge on any atom is 0.278 e. The van der Waals surface area contributed by atoms with Crippen LogP contribution in [0.2, 0.25) is 0 Å². The topological polar surface area (TPSA) is 60.2 Å². The molecule has 6 heteroatoms. The Morgan fingerprint density at radius 2 is 2.26 bits per heavy atom. The summed E-state index contributed by atoms with van der Waals surface area (Å²) in [4.78, 5) is 14.5. The second-order valence-electron chi connectivity index (χ2n) is 4.79. The van der Waals surface area contributed by atoms with Crippen molar-refractivity contribution in [3.63, 3.8) is 0 Å². The van der Waals surface area contributed by atoms with E-state index in [9.17, 15) is 4.79 Å². The fourth-order valence-electron chi connectivity index (χ4n) is 2.26. The lowest BCUT2D eigenvalue weighted by Gasteiger charge is -2.32. The Morgan fingerprint density at radius 1 is 1.42 bits per heavy atom. The first-order valence-corrected chi connectivity index (χ1v) is 6.40. The summed E-state index contributed by atoms with van der Waals surface area (Å²) in [6.07, 6.45) is 0.